The Morgan fingerprint density at radius 2 is 1.60 bits per heavy atom. The van der Waals surface area contributed by atoms with E-state index in [0.29, 0.717) is 10.7 Å². The number of carbonyl (C=O) groups is 3. The molecule has 0 bridgehead atoms. The van der Waals surface area contributed by atoms with Crippen molar-refractivity contribution in [3.05, 3.63) is 101 Å². The molecule has 4 aromatic rings. The second-order valence-corrected chi connectivity index (χ2v) is 14.1. The van der Waals surface area contributed by atoms with Crippen molar-refractivity contribution in [2.75, 3.05) is 19.4 Å². The van der Waals surface area contributed by atoms with Crippen LogP contribution in [0.5, 0.6) is 5.75 Å². The quantitative estimate of drug-likeness (QED) is 0.113. The standard InChI is InChI=1S/C37H34N4O8S/c1-16-20-13-14-21(40-36-39-15-22(50-36)19-11-9-18(10-12-19)17-7-5-4-6-8-17)29(42)24(20)30(43)25-23(16)31(44)27-28(41(2)3)32(45)26(35(38)48)34(47)37(27,49)33(25)46/h4-16,23,27-28,31,42-44,47,49H,1-3H3,(H2,38,48)(H,39,40)/t16-,23?,27?,28-,31?,37-/m0/s1. The van der Waals surface area contributed by atoms with Gasteiger partial charge in [0.25, 0.3) is 5.91 Å². The molecule has 3 aromatic carbocycles. The predicted octanol–water partition coefficient (Wildman–Crippen LogP) is 4.03. The highest BCUT2D eigenvalue weighted by Crippen LogP contribution is 2.57. The number of anilines is 2. The van der Waals surface area contributed by atoms with Gasteiger partial charge in [-0.15, -0.1) is 0 Å². The molecule has 0 saturated heterocycles. The van der Waals surface area contributed by atoms with Gasteiger partial charge in [0, 0.05) is 17.7 Å². The van der Waals surface area contributed by atoms with Crippen LogP contribution in [-0.2, 0) is 14.4 Å². The minimum absolute atomic E-state index is 0.112. The molecule has 50 heavy (non-hydrogen) atoms. The van der Waals surface area contributed by atoms with E-state index < -0.39 is 81.4 Å². The number of primary amides is 1. The largest absolute Gasteiger partial charge is 0.508 e. The molecule has 3 unspecified atom stereocenters. The van der Waals surface area contributed by atoms with Crippen LogP contribution in [0.2, 0.25) is 0 Å². The average Bonchev–Trinajstić information content (AvgIpc) is 3.56. The van der Waals surface area contributed by atoms with Crippen LogP contribution in [0.1, 0.15) is 24.0 Å². The number of thiazole rings is 1. The number of aliphatic hydroxyl groups excluding tert-OH is 3. The van der Waals surface area contributed by atoms with Gasteiger partial charge in [-0.1, -0.05) is 78.9 Å². The summed E-state index contributed by atoms with van der Waals surface area (Å²) >= 11 is 1.34. The smallest absolute Gasteiger partial charge is 0.255 e. The summed E-state index contributed by atoms with van der Waals surface area (Å²) in [6.07, 6.45) is 0.0306. The second-order valence-electron chi connectivity index (χ2n) is 13.1. The molecule has 256 valence electrons. The van der Waals surface area contributed by atoms with E-state index >= 15 is 0 Å². The van der Waals surface area contributed by atoms with Gasteiger partial charge in [-0.05, 0) is 48.3 Å². The van der Waals surface area contributed by atoms with Crippen molar-refractivity contribution in [2.45, 2.75) is 30.6 Å². The first kappa shape index (κ1) is 33.2. The molecule has 6 atom stereocenters. The van der Waals surface area contributed by atoms with E-state index in [1.54, 1.807) is 25.3 Å². The highest BCUT2D eigenvalue weighted by molar-refractivity contribution is 7.19. The summed E-state index contributed by atoms with van der Waals surface area (Å²) in [4.78, 5) is 46.5. The maximum Gasteiger partial charge on any atom is 0.255 e. The maximum absolute atomic E-state index is 14.2. The fourth-order valence-corrected chi connectivity index (χ4v) is 8.59. The molecule has 13 heteroatoms. The Morgan fingerprint density at radius 3 is 2.24 bits per heavy atom. The molecule has 1 heterocycles. The highest BCUT2D eigenvalue weighted by Gasteiger charge is 2.68. The first-order chi connectivity index (χ1) is 23.8. The summed E-state index contributed by atoms with van der Waals surface area (Å²) < 4.78 is 0. The van der Waals surface area contributed by atoms with Crippen molar-refractivity contribution < 1.29 is 39.9 Å². The Morgan fingerprint density at radius 1 is 0.960 bits per heavy atom. The van der Waals surface area contributed by atoms with Crippen LogP contribution in [0.15, 0.2) is 89.8 Å². The van der Waals surface area contributed by atoms with E-state index in [4.69, 9.17) is 5.73 Å². The normalized spacial score (nSPS) is 26.1. The second kappa shape index (κ2) is 11.9. The number of Topliss-reactive ketones (excluding diaryl/α,β-unsaturated/α-hetero) is 2. The third kappa shape index (κ3) is 4.76. The lowest BCUT2D eigenvalue weighted by Crippen LogP contribution is -2.70. The number of nitrogens with zero attached hydrogens (tertiary/aromatic N) is 2. The molecular formula is C37H34N4O8S. The lowest BCUT2D eigenvalue weighted by atomic mass is 9.54. The van der Waals surface area contributed by atoms with Crippen LogP contribution in [-0.4, -0.2) is 84.7 Å². The zero-order chi connectivity index (χ0) is 35.8. The lowest BCUT2D eigenvalue weighted by molar-refractivity contribution is -0.169. The monoisotopic (exact) mass is 694 g/mol. The Kier molecular flexibility index (Phi) is 7.90. The molecule has 3 aliphatic rings. The SMILES string of the molecule is C[C@H]1c2ccc(Nc3ncc(-c4ccc(-c5ccccc5)cc4)s3)c(O)c2C(O)=C2C(=O)[C@]3(O)C(O)=C(C(N)=O)C(=O)[C@@H](N(C)C)C3C(O)C21. The number of fused-ring (bicyclic) bond motifs is 3. The van der Waals surface area contributed by atoms with E-state index in [2.05, 4.69) is 10.3 Å². The number of nitrogens with one attached hydrogen (secondary N) is 1. The summed E-state index contributed by atoms with van der Waals surface area (Å²) in [6, 6.07) is 19.8. The van der Waals surface area contributed by atoms with Crippen molar-refractivity contribution >= 4 is 45.4 Å². The average molecular weight is 695 g/mol. The first-order valence-electron chi connectivity index (χ1n) is 15.8. The zero-order valence-corrected chi connectivity index (χ0v) is 28.0. The molecular weight excluding hydrogens is 660 g/mol. The third-order valence-corrected chi connectivity index (χ3v) is 11.1. The number of aromatic hydroxyl groups is 1. The maximum atomic E-state index is 14.2. The number of likely N-dealkylation sites (N-methyl/N-ethyl adjacent to an activating group) is 1. The molecule has 3 aliphatic carbocycles. The molecule has 1 aromatic heterocycles. The van der Waals surface area contributed by atoms with Crippen molar-refractivity contribution in [3.8, 4) is 27.3 Å². The number of amides is 1. The minimum Gasteiger partial charge on any atom is -0.508 e. The molecule has 0 radical (unpaired) electrons. The molecule has 7 rings (SSSR count). The van der Waals surface area contributed by atoms with Crippen LogP contribution in [0.3, 0.4) is 0 Å². The number of nitrogens with two attached hydrogens (primary N) is 1. The van der Waals surface area contributed by atoms with E-state index in [1.165, 1.54) is 30.3 Å². The lowest BCUT2D eigenvalue weighted by Gasteiger charge is -2.53. The van der Waals surface area contributed by atoms with Crippen LogP contribution >= 0.6 is 11.3 Å². The number of ketones is 2. The number of phenolic OH excluding ortho intramolecular Hbond substituents is 1. The molecule has 1 saturated carbocycles. The van der Waals surface area contributed by atoms with Crippen LogP contribution in [0.25, 0.3) is 27.3 Å². The van der Waals surface area contributed by atoms with E-state index in [0.717, 1.165) is 21.6 Å². The van der Waals surface area contributed by atoms with Crippen molar-refractivity contribution in [1.82, 2.24) is 9.88 Å². The summed E-state index contributed by atoms with van der Waals surface area (Å²) in [5.74, 6) is -9.43. The van der Waals surface area contributed by atoms with Gasteiger partial charge in [0.1, 0.15) is 22.8 Å². The number of carbonyl (C=O) groups excluding carboxylic acids is 3. The number of phenols is 1. The Balaban J connectivity index is 1.25. The summed E-state index contributed by atoms with van der Waals surface area (Å²) in [5, 5.41) is 61.5. The van der Waals surface area contributed by atoms with E-state index in [-0.39, 0.29) is 11.3 Å². The van der Waals surface area contributed by atoms with E-state index in [1.807, 2.05) is 54.6 Å². The Bertz CT molecular complexity index is 2140. The van der Waals surface area contributed by atoms with Gasteiger partial charge in [0.2, 0.25) is 5.78 Å². The minimum atomic E-state index is -2.98. The zero-order valence-electron chi connectivity index (χ0n) is 27.2. The summed E-state index contributed by atoms with van der Waals surface area (Å²) in [6.45, 7) is 1.68. The molecule has 8 N–H and O–H groups in total. The Hall–Kier alpha value is -5.34. The number of benzene rings is 3. The van der Waals surface area contributed by atoms with Gasteiger partial charge < -0.3 is 36.6 Å². The van der Waals surface area contributed by atoms with Crippen LogP contribution < -0.4 is 11.1 Å². The number of aliphatic hydroxyl groups is 4. The third-order valence-electron chi connectivity index (χ3n) is 10.2. The molecule has 0 spiro atoms. The van der Waals surface area contributed by atoms with Gasteiger partial charge in [0.05, 0.1) is 34.2 Å². The molecule has 0 aliphatic heterocycles. The van der Waals surface area contributed by atoms with Gasteiger partial charge in [-0.3, -0.25) is 19.3 Å². The summed E-state index contributed by atoms with van der Waals surface area (Å²) in [7, 11) is 2.92. The number of hydrogen-bond acceptors (Lipinski definition) is 12. The molecule has 1 fully saturated rings. The Labute approximate surface area is 290 Å². The van der Waals surface area contributed by atoms with Crippen molar-refractivity contribution in [1.29, 1.82) is 0 Å². The molecule has 1 amide bonds. The fourth-order valence-electron chi connectivity index (χ4n) is 7.76. The number of rotatable bonds is 6. The van der Waals surface area contributed by atoms with Crippen LogP contribution in [0, 0.1) is 11.8 Å². The van der Waals surface area contributed by atoms with Crippen molar-refractivity contribution in [2.24, 2.45) is 17.6 Å². The highest BCUT2D eigenvalue weighted by atomic mass is 32.1. The molecule has 12 nitrogen and oxygen atoms in total. The van der Waals surface area contributed by atoms with Gasteiger partial charge >= 0.3 is 0 Å². The predicted molar refractivity (Wildman–Crippen MR) is 187 cm³/mol. The number of hydrogen-bond donors (Lipinski definition) is 7. The van der Waals surface area contributed by atoms with Crippen LogP contribution in [0.4, 0.5) is 10.8 Å². The van der Waals surface area contributed by atoms with Gasteiger partial charge in [0.15, 0.2) is 16.5 Å². The topological polar surface area (TPSA) is 207 Å². The summed E-state index contributed by atoms with van der Waals surface area (Å²) in [5.41, 5.74) is 4.55. The van der Waals surface area contributed by atoms with E-state index in [9.17, 15) is 39.9 Å². The number of aromatic nitrogens is 1. The fraction of sp³-hybridized carbons (Fsp3) is 0.243. The van der Waals surface area contributed by atoms with Gasteiger partial charge in [-0.2, -0.15) is 0 Å². The first-order valence-corrected chi connectivity index (χ1v) is 16.7. The van der Waals surface area contributed by atoms with Crippen molar-refractivity contribution in [3.63, 3.8) is 0 Å². The van der Waals surface area contributed by atoms with Gasteiger partial charge in [-0.25, -0.2) is 4.98 Å².